The van der Waals surface area contributed by atoms with Gasteiger partial charge in [0.05, 0.1) is 0 Å². The fourth-order valence-electron chi connectivity index (χ4n) is 3.19. The number of hydrogen-bond acceptors (Lipinski definition) is 2. The van der Waals surface area contributed by atoms with Crippen LogP contribution in [0.4, 0.5) is 4.39 Å². The van der Waals surface area contributed by atoms with Crippen molar-refractivity contribution < 1.29 is 9.18 Å². The average Bonchev–Trinajstić information content (AvgIpc) is 2.99. The van der Waals surface area contributed by atoms with Gasteiger partial charge < -0.3 is 9.80 Å². The van der Waals surface area contributed by atoms with Crippen molar-refractivity contribution in [1.29, 1.82) is 0 Å². The lowest BCUT2D eigenvalue weighted by molar-refractivity contribution is 0.0640. The van der Waals surface area contributed by atoms with Crippen molar-refractivity contribution in [2.24, 2.45) is 5.92 Å². The number of hydrogen-bond donors (Lipinski definition) is 0. The molecule has 1 saturated heterocycles. The Bertz CT molecular complexity index is 524. The lowest BCUT2D eigenvalue weighted by Gasteiger charge is -2.34. The van der Waals surface area contributed by atoms with Gasteiger partial charge in [-0.15, -0.1) is 0 Å². The Morgan fingerprint density at radius 2 is 1.95 bits per heavy atom. The van der Waals surface area contributed by atoms with Gasteiger partial charge >= 0.3 is 0 Å². The van der Waals surface area contributed by atoms with E-state index in [1.807, 2.05) is 7.05 Å². The monoisotopic (exact) mass is 306 g/mol. The number of likely N-dealkylation sites (N-methyl/N-ethyl adjacent to an activating group) is 1. The van der Waals surface area contributed by atoms with E-state index >= 15 is 0 Å². The van der Waals surface area contributed by atoms with Gasteiger partial charge in [-0.2, -0.15) is 0 Å². The maximum absolute atomic E-state index is 13.7. The minimum absolute atomic E-state index is 0.0881. The minimum atomic E-state index is -0.320. The van der Waals surface area contributed by atoms with Gasteiger partial charge in [0.2, 0.25) is 0 Å². The van der Waals surface area contributed by atoms with E-state index in [-0.39, 0.29) is 17.8 Å². The maximum atomic E-state index is 13.7. The highest BCUT2D eigenvalue weighted by molar-refractivity contribution is 5.95. The number of amides is 1. The van der Waals surface area contributed by atoms with Crippen LogP contribution in [0, 0.1) is 18.7 Å². The van der Waals surface area contributed by atoms with Crippen LogP contribution in [0.25, 0.3) is 0 Å². The molecule has 22 heavy (non-hydrogen) atoms. The summed E-state index contributed by atoms with van der Waals surface area (Å²) < 4.78 is 13.7. The normalized spacial score (nSPS) is 17.0. The van der Waals surface area contributed by atoms with Crippen molar-refractivity contribution in [3.05, 3.63) is 35.1 Å². The van der Waals surface area contributed by atoms with Crippen LogP contribution in [0.15, 0.2) is 18.2 Å². The molecule has 1 aliphatic rings. The average molecular weight is 306 g/mol. The van der Waals surface area contributed by atoms with Gasteiger partial charge in [0.1, 0.15) is 5.82 Å². The third-order valence-electron chi connectivity index (χ3n) is 4.73. The van der Waals surface area contributed by atoms with E-state index < -0.39 is 0 Å². The fourth-order valence-corrected chi connectivity index (χ4v) is 3.19. The molecule has 0 N–H and O–H groups in total. The molecular formula is C18H27FN2O. The third-order valence-corrected chi connectivity index (χ3v) is 4.73. The van der Waals surface area contributed by atoms with Crippen LogP contribution in [0.5, 0.6) is 0 Å². The lowest BCUT2D eigenvalue weighted by atomic mass is 10.00. The molecule has 3 nitrogen and oxygen atoms in total. The number of rotatable bonds is 5. The summed E-state index contributed by atoms with van der Waals surface area (Å²) in [5.41, 5.74) is 0.901. The molecule has 1 atom stereocenters. The molecule has 0 spiro atoms. The zero-order chi connectivity index (χ0) is 16.3. The molecule has 2 rings (SSSR count). The number of likely N-dealkylation sites (tertiary alicyclic amines) is 1. The van der Waals surface area contributed by atoms with Crippen LogP contribution in [0.3, 0.4) is 0 Å². The van der Waals surface area contributed by atoms with Crippen molar-refractivity contribution in [3.63, 3.8) is 0 Å². The highest BCUT2D eigenvalue weighted by Gasteiger charge is 2.28. The molecule has 1 amide bonds. The zero-order valence-corrected chi connectivity index (χ0v) is 14.1. The van der Waals surface area contributed by atoms with Gasteiger partial charge in [0, 0.05) is 25.2 Å². The summed E-state index contributed by atoms with van der Waals surface area (Å²) in [5.74, 6) is -0.0433. The van der Waals surface area contributed by atoms with Crippen molar-refractivity contribution in [2.45, 2.75) is 39.7 Å². The predicted octanol–water partition coefficient (Wildman–Crippen LogP) is 3.33. The van der Waals surface area contributed by atoms with Crippen molar-refractivity contribution >= 4 is 5.91 Å². The van der Waals surface area contributed by atoms with E-state index in [1.165, 1.54) is 18.9 Å². The highest BCUT2D eigenvalue weighted by atomic mass is 19.1. The minimum Gasteiger partial charge on any atom is -0.337 e. The number of carbonyl (C=O) groups excluding carboxylic acids is 1. The van der Waals surface area contributed by atoms with Gasteiger partial charge in [-0.3, -0.25) is 4.79 Å². The summed E-state index contributed by atoms with van der Waals surface area (Å²) in [5, 5.41) is 0. The van der Waals surface area contributed by atoms with Gasteiger partial charge in [0.15, 0.2) is 0 Å². The van der Waals surface area contributed by atoms with Crippen LogP contribution in [-0.4, -0.2) is 48.4 Å². The number of halogens is 1. The quantitative estimate of drug-likeness (QED) is 0.833. The van der Waals surface area contributed by atoms with Gasteiger partial charge in [-0.1, -0.05) is 19.9 Å². The van der Waals surface area contributed by atoms with Gasteiger partial charge in [-0.25, -0.2) is 4.39 Å². The first-order chi connectivity index (χ1) is 10.4. The molecule has 1 aliphatic heterocycles. The van der Waals surface area contributed by atoms with Gasteiger partial charge in [-0.05, 0) is 56.5 Å². The molecule has 122 valence electrons. The van der Waals surface area contributed by atoms with Gasteiger partial charge in [0.25, 0.3) is 5.91 Å². The summed E-state index contributed by atoms with van der Waals surface area (Å²) in [6.45, 7) is 9.08. The molecule has 1 aromatic rings. The van der Waals surface area contributed by atoms with Crippen LogP contribution < -0.4 is 0 Å². The molecule has 0 radical (unpaired) electrons. The smallest absolute Gasteiger partial charge is 0.254 e. The molecule has 4 heteroatoms. The van der Waals surface area contributed by atoms with Crippen molar-refractivity contribution in [2.75, 3.05) is 26.7 Å². The Kier molecular flexibility index (Phi) is 5.57. The largest absolute Gasteiger partial charge is 0.337 e. The predicted molar refractivity (Wildman–Crippen MR) is 87.5 cm³/mol. The summed E-state index contributed by atoms with van der Waals surface area (Å²) in [4.78, 5) is 17.0. The lowest BCUT2D eigenvalue weighted by Crippen LogP contribution is -2.47. The molecule has 1 fully saturated rings. The van der Waals surface area contributed by atoms with Crippen LogP contribution >= 0.6 is 0 Å². The second-order valence-corrected chi connectivity index (χ2v) is 6.65. The zero-order valence-electron chi connectivity index (χ0n) is 14.1. The van der Waals surface area contributed by atoms with Crippen molar-refractivity contribution in [1.82, 2.24) is 9.80 Å². The molecular weight excluding hydrogens is 279 g/mol. The van der Waals surface area contributed by atoms with Crippen LogP contribution in [0.1, 0.15) is 42.6 Å². The molecule has 0 aromatic heterocycles. The van der Waals surface area contributed by atoms with E-state index in [0.717, 1.165) is 19.6 Å². The summed E-state index contributed by atoms with van der Waals surface area (Å²) in [6.07, 6.45) is 2.48. The Labute approximate surface area is 133 Å². The van der Waals surface area contributed by atoms with Crippen molar-refractivity contribution in [3.8, 4) is 0 Å². The van der Waals surface area contributed by atoms with Crippen LogP contribution in [-0.2, 0) is 0 Å². The first-order valence-electron chi connectivity index (χ1n) is 8.16. The molecule has 0 bridgehead atoms. The Hall–Kier alpha value is -1.42. The third kappa shape index (κ3) is 3.67. The molecule has 0 aliphatic carbocycles. The first kappa shape index (κ1) is 16.9. The second kappa shape index (κ2) is 7.23. The SMILES string of the molecule is Cc1c(F)cccc1C(=O)N(C)C(CN1CCCC1)C(C)C. The number of nitrogens with zero attached hydrogens (tertiary/aromatic N) is 2. The Morgan fingerprint density at radius 1 is 1.32 bits per heavy atom. The molecule has 1 heterocycles. The van der Waals surface area contributed by atoms with E-state index in [0.29, 0.717) is 17.0 Å². The van der Waals surface area contributed by atoms with E-state index in [2.05, 4.69) is 18.7 Å². The topological polar surface area (TPSA) is 23.6 Å². The van der Waals surface area contributed by atoms with E-state index in [9.17, 15) is 9.18 Å². The molecule has 0 saturated carbocycles. The Morgan fingerprint density at radius 3 is 2.55 bits per heavy atom. The van der Waals surface area contributed by atoms with Crippen LogP contribution in [0.2, 0.25) is 0 Å². The fraction of sp³-hybridized carbons (Fsp3) is 0.611. The maximum Gasteiger partial charge on any atom is 0.254 e. The summed E-state index contributed by atoms with van der Waals surface area (Å²) >= 11 is 0. The standard InChI is InChI=1S/C18H27FN2O/c1-13(2)17(12-21-10-5-6-11-21)20(4)18(22)15-8-7-9-16(19)14(15)3/h7-9,13,17H,5-6,10-12H2,1-4H3. The summed E-state index contributed by atoms with van der Waals surface area (Å²) in [6, 6.07) is 4.86. The Balaban J connectivity index is 2.16. The first-order valence-corrected chi connectivity index (χ1v) is 8.16. The summed E-state index contributed by atoms with van der Waals surface area (Å²) in [7, 11) is 1.84. The highest BCUT2D eigenvalue weighted by Crippen LogP contribution is 2.20. The second-order valence-electron chi connectivity index (χ2n) is 6.65. The molecule has 1 aromatic carbocycles. The van der Waals surface area contributed by atoms with E-state index in [4.69, 9.17) is 0 Å². The molecule has 1 unspecified atom stereocenters. The number of benzene rings is 1. The number of carbonyl (C=O) groups is 1. The van der Waals surface area contributed by atoms with E-state index in [1.54, 1.807) is 24.0 Å².